The van der Waals surface area contributed by atoms with Crippen molar-refractivity contribution in [3.05, 3.63) is 59.1 Å². The van der Waals surface area contributed by atoms with Crippen molar-refractivity contribution in [2.45, 2.75) is 6.92 Å². The highest BCUT2D eigenvalue weighted by molar-refractivity contribution is 6.34. The zero-order valence-electron chi connectivity index (χ0n) is 13.0. The number of rotatable bonds is 6. The van der Waals surface area contributed by atoms with Crippen LogP contribution in [0.3, 0.4) is 0 Å². The van der Waals surface area contributed by atoms with Crippen LogP contribution in [0.5, 0.6) is 5.75 Å². The third-order valence-electron chi connectivity index (χ3n) is 3.16. The fourth-order valence-corrected chi connectivity index (χ4v) is 2.16. The maximum atomic E-state index is 11.8. The van der Waals surface area contributed by atoms with E-state index >= 15 is 0 Å². The molecular weight excluding hydrogens is 314 g/mol. The van der Waals surface area contributed by atoms with Crippen LogP contribution in [-0.2, 0) is 4.79 Å². The zero-order chi connectivity index (χ0) is 16.7. The molecule has 0 aliphatic heterocycles. The second-order valence-corrected chi connectivity index (χ2v) is 5.20. The van der Waals surface area contributed by atoms with Gasteiger partial charge in [0.15, 0.2) is 0 Å². The minimum Gasteiger partial charge on any atom is -0.497 e. The van der Waals surface area contributed by atoms with Gasteiger partial charge in [0.1, 0.15) is 5.75 Å². The first-order valence-electron chi connectivity index (χ1n) is 7.06. The molecule has 0 aromatic heterocycles. The molecule has 0 heterocycles. The first-order chi connectivity index (χ1) is 11.1. The summed E-state index contributed by atoms with van der Waals surface area (Å²) in [5.41, 5.74) is 4.77. The Kier molecular flexibility index (Phi) is 6.00. The molecule has 0 aliphatic carbocycles. The van der Waals surface area contributed by atoms with Crippen molar-refractivity contribution < 1.29 is 9.53 Å². The Labute approximate surface area is 140 Å². The summed E-state index contributed by atoms with van der Waals surface area (Å²) in [5.74, 6) is 0.521. The van der Waals surface area contributed by atoms with Crippen LogP contribution >= 0.6 is 11.6 Å². The van der Waals surface area contributed by atoms with Gasteiger partial charge in [-0.15, -0.1) is 0 Å². The van der Waals surface area contributed by atoms with Gasteiger partial charge in [-0.1, -0.05) is 29.8 Å². The Morgan fingerprint density at radius 3 is 2.52 bits per heavy atom. The summed E-state index contributed by atoms with van der Waals surface area (Å²) < 4.78 is 5.08. The second-order valence-electron chi connectivity index (χ2n) is 4.79. The maximum absolute atomic E-state index is 11.8. The topological polar surface area (TPSA) is 62.7 Å². The molecule has 2 aromatic rings. The van der Waals surface area contributed by atoms with Crippen LogP contribution in [-0.4, -0.2) is 25.3 Å². The first-order valence-corrected chi connectivity index (χ1v) is 7.44. The molecule has 2 N–H and O–H groups in total. The fourth-order valence-electron chi connectivity index (χ4n) is 1.89. The number of carbonyl (C=O) groups is 1. The van der Waals surface area contributed by atoms with Crippen LogP contribution in [0.1, 0.15) is 12.5 Å². The van der Waals surface area contributed by atoms with Gasteiger partial charge in [0.05, 0.1) is 19.4 Å². The molecule has 120 valence electrons. The predicted molar refractivity (Wildman–Crippen MR) is 93.3 cm³/mol. The van der Waals surface area contributed by atoms with Crippen molar-refractivity contribution in [2.24, 2.45) is 5.10 Å². The van der Waals surface area contributed by atoms with Gasteiger partial charge in [-0.3, -0.25) is 4.79 Å². The Balaban J connectivity index is 1.87. The standard InChI is InChI=1S/C17H18ClN3O2/c1-12(15-5-3-4-6-16(15)18)20-21-17(22)11-19-13-7-9-14(23-2)10-8-13/h3-10,19H,11H2,1-2H3,(H,21,22)/b20-12+. The van der Waals surface area contributed by atoms with Gasteiger partial charge in [0, 0.05) is 16.3 Å². The summed E-state index contributed by atoms with van der Waals surface area (Å²) in [5, 5.41) is 7.67. The van der Waals surface area contributed by atoms with Crippen LogP contribution in [0, 0.1) is 0 Å². The number of hydrogen-bond acceptors (Lipinski definition) is 4. The second kappa shape index (κ2) is 8.19. The third-order valence-corrected chi connectivity index (χ3v) is 3.48. The number of anilines is 1. The molecule has 0 spiro atoms. The Morgan fingerprint density at radius 2 is 1.87 bits per heavy atom. The van der Waals surface area contributed by atoms with E-state index in [1.54, 1.807) is 20.1 Å². The van der Waals surface area contributed by atoms with Crippen molar-refractivity contribution in [1.82, 2.24) is 5.43 Å². The molecule has 0 saturated carbocycles. The summed E-state index contributed by atoms with van der Waals surface area (Å²) in [6.07, 6.45) is 0. The van der Waals surface area contributed by atoms with Crippen molar-refractivity contribution in [3.63, 3.8) is 0 Å². The summed E-state index contributed by atoms with van der Waals surface area (Å²) >= 11 is 6.08. The van der Waals surface area contributed by atoms with Crippen LogP contribution < -0.4 is 15.5 Å². The number of hydrazone groups is 1. The van der Waals surface area contributed by atoms with Crippen molar-refractivity contribution >= 4 is 28.9 Å². The molecule has 0 aliphatic rings. The highest BCUT2D eigenvalue weighted by Gasteiger charge is 2.04. The summed E-state index contributed by atoms with van der Waals surface area (Å²) in [7, 11) is 1.61. The number of benzene rings is 2. The van der Waals surface area contributed by atoms with Crippen molar-refractivity contribution in [1.29, 1.82) is 0 Å². The molecule has 0 radical (unpaired) electrons. The molecule has 2 rings (SSSR count). The summed E-state index contributed by atoms with van der Waals surface area (Å²) in [4.78, 5) is 11.8. The van der Waals surface area contributed by atoms with Crippen LogP contribution in [0.2, 0.25) is 5.02 Å². The smallest absolute Gasteiger partial charge is 0.259 e. The highest BCUT2D eigenvalue weighted by atomic mass is 35.5. The summed E-state index contributed by atoms with van der Waals surface area (Å²) in [6, 6.07) is 14.7. The van der Waals surface area contributed by atoms with Gasteiger partial charge in [-0.05, 0) is 37.3 Å². The van der Waals surface area contributed by atoms with E-state index in [1.165, 1.54) is 0 Å². The minimum absolute atomic E-state index is 0.117. The number of hydrogen-bond donors (Lipinski definition) is 2. The van der Waals surface area contributed by atoms with Crippen LogP contribution in [0.25, 0.3) is 0 Å². The van der Waals surface area contributed by atoms with E-state index in [9.17, 15) is 4.79 Å². The number of carbonyl (C=O) groups excluding carboxylic acids is 1. The lowest BCUT2D eigenvalue weighted by Gasteiger charge is -2.07. The molecule has 0 saturated heterocycles. The summed E-state index contributed by atoms with van der Waals surface area (Å²) in [6.45, 7) is 1.91. The SMILES string of the molecule is COc1ccc(NCC(=O)N/N=C(\C)c2ccccc2Cl)cc1. The molecule has 0 fully saturated rings. The first kappa shape index (κ1) is 16.8. The number of nitrogens with zero attached hydrogens (tertiary/aromatic N) is 1. The molecular formula is C17H18ClN3O2. The normalized spacial score (nSPS) is 11.0. The van der Waals surface area contributed by atoms with Crippen LogP contribution in [0.4, 0.5) is 5.69 Å². The van der Waals surface area contributed by atoms with Crippen LogP contribution in [0.15, 0.2) is 53.6 Å². The molecule has 0 unspecified atom stereocenters. The van der Waals surface area contributed by atoms with Crippen molar-refractivity contribution in [2.75, 3.05) is 19.0 Å². The van der Waals surface area contributed by atoms with Gasteiger partial charge in [-0.2, -0.15) is 5.10 Å². The van der Waals surface area contributed by atoms with Gasteiger partial charge >= 0.3 is 0 Å². The lowest BCUT2D eigenvalue weighted by Crippen LogP contribution is -2.26. The molecule has 5 nitrogen and oxygen atoms in total. The maximum Gasteiger partial charge on any atom is 0.259 e. The largest absolute Gasteiger partial charge is 0.497 e. The van der Waals surface area contributed by atoms with E-state index in [1.807, 2.05) is 42.5 Å². The monoisotopic (exact) mass is 331 g/mol. The molecule has 6 heteroatoms. The number of halogens is 1. The average molecular weight is 332 g/mol. The number of nitrogens with one attached hydrogen (secondary N) is 2. The zero-order valence-corrected chi connectivity index (χ0v) is 13.7. The number of methoxy groups -OCH3 is 1. The van der Waals surface area contributed by atoms with Gasteiger partial charge in [0.2, 0.25) is 0 Å². The van der Waals surface area contributed by atoms with E-state index in [4.69, 9.17) is 16.3 Å². The van der Waals surface area contributed by atoms with Crippen molar-refractivity contribution in [3.8, 4) is 5.75 Å². The quantitative estimate of drug-likeness (QED) is 0.630. The fraction of sp³-hybridized carbons (Fsp3) is 0.176. The highest BCUT2D eigenvalue weighted by Crippen LogP contribution is 2.16. The van der Waals surface area contributed by atoms with E-state index in [2.05, 4.69) is 15.8 Å². The number of ether oxygens (including phenoxy) is 1. The van der Waals surface area contributed by atoms with E-state index in [-0.39, 0.29) is 12.5 Å². The number of amides is 1. The van der Waals surface area contributed by atoms with E-state index in [0.29, 0.717) is 10.7 Å². The Morgan fingerprint density at radius 1 is 1.17 bits per heavy atom. The molecule has 1 amide bonds. The Bertz CT molecular complexity index is 699. The third kappa shape index (κ3) is 5.00. The average Bonchev–Trinajstić information content (AvgIpc) is 2.58. The van der Waals surface area contributed by atoms with Gasteiger partial charge in [-0.25, -0.2) is 5.43 Å². The lowest BCUT2D eigenvalue weighted by atomic mass is 10.1. The van der Waals surface area contributed by atoms with E-state index in [0.717, 1.165) is 17.0 Å². The van der Waals surface area contributed by atoms with E-state index < -0.39 is 0 Å². The minimum atomic E-state index is -0.243. The predicted octanol–water partition coefficient (Wildman–Crippen LogP) is 3.30. The molecule has 2 aromatic carbocycles. The molecule has 0 bridgehead atoms. The molecule has 0 atom stereocenters. The van der Waals surface area contributed by atoms with Gasteiger partial charge < -0.3 is 10.1 Å². The Hall–Kier alpha value is -2.53. The lowest BCUT2D eigenvalue weighted by molar-refractivity contribution is -0.119. The van der Waals surface area contributed by atoms with Gasteiger partial charge in [0.25, 0.3) is 5.91 Å². The molecule has 23 heavy (non-hydrogen) atoms.